The standard InChI is InChI=1S/C12H14BrFN2O.ClH/c13-11-8-9(14)2-3-10(11)12(17)16-6-1-4-15-5-7-16;/h2-3,8,15H,1,4-7H2;1H. The molecule has 0 atom stereocenters. The molecular formula is C12H15BrClFN2O. The highest BCUT2D eigenvalue weighted by Crippen LogP contribution is 2.20. The van der Waals surface area contributed by atoms with E-state index in [1.807, 2.05) is 0 Å². The van der Waals surface area contributed by atoms with Crippen LogP contribution in [-0.4, -0.2) is 37.0 Å². The number of hydrogen-bond acceptors (Lipinski definition) is 2. The summed E-state index contributed by atoms with van der Waals surface area (Å²) in [6.07, 6.45) is 0.949. The van der Waals surface area contributed by atoms with Crippen molar-refractivity contribution in [3.8, 4) is 0 Å². The van der Waals surface area contributed by atoms with Crippen molar-refractivity contribution in [1.29, 1.82) is 0 Å². The van der Waals surface area contributed by atoms with Gasteiger partial charge in [0.1, 0.15) is 5.82 Å². The summed E-state index contributed by atoms with van der Waals surface area (Å²) < 4.78 is 13.5. The molecule has 0 bridgehead atoms. The second kappa shape index (κ2) is 7.07. The van der Waals surface area contributed by atoms with Crippen molar-refractivity contribution in [3.05, 3.63) is 34.1 Å². The zero-order valence-electron chi connectivity index (χ0n) is 9.79. The molecule has 1 amide bonds. The first-order chi connectivity index (χ1) is 8.18. The number of nitrogens with one attached hydrogen (secondary N) is 1. The van der Waals surface area contributed by atoms with E-state index < -0.39 is 0 Å². The average Bonchev–Trinajstić information content (AvgIpc) is 2.56. The molecule has 1 N–H and O–H groups in total. The Morgan fingerprint density at radius 2 is 2.11 bits per heavy atom. The Balaban J connectivity index is 0.00000162. The van der Waals surface area contributed by atoms with Crippen molar-refractivity contribution < 1.29 is 9.18 Å². The predicted octanol–water partition coefficient (Wildman–Crippen LogP) is 2.45. The van der Waals surface area contributed by atoms with Crippen molar-refractivity contribution in [2.75, 3.05) is 26.2 Å². The number of amides is 1. The lowest BCUT2D eigenvalue weighted by Gasteiger charge is -2.20. The maximum absolute atomic E-state index is 13.0. The summed E-state index contributed by atoms with van der Waals surface area (Å²) in [5, 5.41) is 3.24. The summed E-state index contributed by atoms with van der Waals surface area (Å²) in [5.41, 5.74) is 0.522. The average molecular weight is 338 g/mol. The van der Waals surface area contributed by atoms with Gasteiger partial charge in [0.2, 0.25) is 0 Å². The summed E-state index contributed by atoms with van der Waals surface area (Å²) >= 11 is 3.23. The minimum atomic E-state index is -0.342. The second-order valence-electron chi connectivity index (χ2n) is 4.02. The van der Waals surface area contributed by atoms with Crippen LogP contribution in [0.3, 0.4) is 0 Å². The molecule has 0 aromatic heterocycles. The van der Waals surface area contributed by atoms with Gasteiger partial charge >= 0.3 is 0 Å². The smallest absolute Gasteiger partial charge is 0.255 e. The van der Waals surface area contributed by atoms with Crippen molar-refractivity contribution >= 4 is 34.2 Å². The van der Waals surface area contributed by atoms with Gasteiger partial charge < -0.3 is 10.2 Å². The molecular weight excluding hydrogens is 323 g/mol. The van der Waals surface area contributed by atoms with E-state index in [0.29, 0.717) is 16.6 Å². The van der Waals surface area contributed by atoms with Gasteiger partial charge in [0.25, 0.3) is 5.91 Å². The highest BCUT2D eigenvalue weighted by molar-refractivity contribution is 9.10. The quantitative estimate of drug-likeness (QED) is 0.854. The third kappa shape index (κ3) is 3.67. The molecule has 1 aromatic carbocycles. The lowest BCUT2D eigenvalue weighted by molar-refractivity contribution is 0.0765. The highest BCUT2D eigenvalue weighted by atomic mass is 79.9. The minimum absolute atomic E-state index is 0. The van der Waals surface area contributed by atoms with Gasteiger partial charge in [-0.25, -0.2) is 4.39 Å². The molecule has 1 aliphatic rings. The summed E-state index contributed by atoms with van der Waals surface area (Å²) in [4.78, 5) is 14.0. The van der Waals surface area contributed by atoms with Gasteiger partial charge in [-0.2, -0.15) is 0 Å². The summed E-state index contributed by atoms with van der Waals surface area (Å²) in [7, 11) is 0. The van der Waals surface area contributed by atoms with Crippen LogP contribution in [-0.2, 0) is 0 Å². The van der Waals surface area contributed by atoms with E-state index in [1.54, 1.807) is 4.90 Å². The monoisotopic (exact) mass is 336 g/mol. The molecule has 0 aliphatic carbocycles. The lowest BCUT2D eigenvalue weighted by atomic mass is 10.2. The number of halogens is 3. The van der Waals surface area contributed by atoms with E-state index in [-0.39, 0.29) is 24.1 Å². The zero-order chi connectivity index (χ0) is 12.3. The van der Waals surface area contributed by atoms with Crippen LogP contribution >= 0.6 is 28.3 Å². The molecule has 1 fully saturated rings. The van der Waals surface area contributed by atoms with Crippen molar-refractivity contribution in [2.45, 2.75) is 6.42 Å². The number of carbonyl (C=O) groups is 1. The summed E-state index contributed by atoms with van der Waals surface area (Å²) in [6.45, 7) is 3.19. The van der Waals surface area contributed by atoms with Crippen LogP contribution in [0.25, 0.3) is 0 Å². The Kier molecular flexibility index (Phi) is 6.05. The van der Waals surface area contributed by atoms with Gasteiger partial charge in [-0.3, -0.25) is 4.79 Å². The number of rotatable bonds is 1. The van der Waals surface area contributed by atoms with Crippen LogP contribution in [0.1, 0.15) is 16.8 Å². The molecule has 100 valence electrons. The molecule has 18 heavy (non-hydrogen) atoms. The predicted molar refractivity (Wildman–Crippen MR) is 74.7 cm³/mol. The lowest BCUT2D eigenvalue weighted by Crippen LogP contribution is -2.34. The third-order valence-corrected chi connectivity index (χ3v) is 3.44. The van der Waals surface area contributed by atoms with E-state index in [4.69, 9.17) is 0 Å². The molecule has 3 nitrogen and oxygen atoms in total. The van der Waals surface area contributed by atoms with E-state index in [9.17, 15) is 9.18 Å². The number of hydrogen-bond donors (Lipinski definition) is 1. The first kappa shape index (κ1) is 15.4. The molecule has 0 spiro atoms. The van der Waals surface area contributed by atoms with E-state index in [0.717, 1.165) is 26.1 Å². The topological polar surface area (TPSA) is 32.3 Å². The van der Waals surface area contributed by atoms with Crippen LogP contribution in [0.2, 0.25) is 0 Å². The van der Waals surface area contributed by atoms with Crippen molar-refractivity contribution in [2.24, 2.45) is 0 Å². The van der Waals surface area contributed by atoms with E-state index in [1.165, 1.54) is 18.2 Å². The van der Waals surface area contributed by atoms with Gasteiger partial charge in [0.05, 0.1) is 5.56 Å². The van der Waals surface area contributed by atoms with Crippen molar-refractivity contribution in [1.82, 2.24) is 10.2 Å². The van der Waals surface area contributed by atoms with Gasteiger partial charge in [0, 0.05) is 24.1 Å². The minimum Gasteiger partial charge on any atom is -0.337 e. The molecule has 1 aliphatic heterocycles. The Labute approximate surface area is 120 Å². The molecule has 6 heteroatoms. The van der Waals surface area contributed by atoms with Gasteiger partial charge in [-0.1, -0.05) is 0 Å². The highest BCUT2D eigenvalue weighted by Gasteiger charge is 2.19. The molecule has 0 saturated carbocycles. The first-order valence-electron chi connectivity index (χ1n) is 5.63. The third-order valence-electron chi connectivity index (χ3n) is 2.79. The number of nitrogens with zero attached hydrogens (tertiary/aromatic N) is 1. The number of carbonyl (C=O) groups excluding carboxylic acids is 1. The Morgan fingerprint density at radius 1 is 1.33 bits per heavy atom. The summed E-state index contributed by atoms with van der Waals surface area (Å²) in [6, 6.07) is 4.16. The largest absolute Gasteiger partial charge is 0.337 e. The Hall–Kier alpha value is -0.650. The van der Waals surface area contributed by atoms with Crippen LogP contribution in [0.15, 0.2) is 22.7 Å². The van der Waals surface area contributed by atoms with Crippen LogP contribution in [0.4, 0.5) is 4.39 Å². The second-order valence-corrected chi connectivity index (χ2v) is 4.87. The fourth-order valence-corrected chi connectivity index (χ4v) is 2.40. The van der Waals surface area contributed by atoms with Crippen LogP contribution in [0, 0.1) is 5.82 Å². The molecule has 0 unspecified atom stereocenters. The van der Waals surface area contributed by atoms with Crippen LogP contribution < -0.4 is 5.32 Å². The van der Waals surface area contributed by atoms with Crippen molar-refractivity contribution in [3.63, 3.8) is 0 Å². The van der Waals surface area contributed by atoms with E-state index in [2.05, 4.69) is 21.2 Å². The number of benzene rings is 1. The molecule has 1 heterocycles. The Bertz CT molecular complexity index is 423. The molecule has 1 aromatic rings. The maximum Gasteiger partial charge on any atom is 0.255 e. The summed E-state index contributed by atoms with van der Waals surface area (Å²) in [5.74, 6) is -0.383. The first-order valence-corrected chi connectivity index (χ1v) is 6.43. The molecule has 2 rings (SSSR count). The fourth-order valence-electron chi connectivity index (χ4n) is 1.88. The SMILES string of the molecule is Cl.O=C(c1ccc(F)cc1Br)N1CCCNCC1. The normalized spacial score (nSPS) is 15.8. The van der Waals surface area contributed by atoms with E-state index >= 15 is 0 Å². The molecule has 0 radical (unpaired) electrons. The maximum atomic E-state index is 13.0. The fraction of sp³-hybridized carbons (Fsp3) is 0.417. The molecule has 1 saturated heterocycles. The van der Waals surface area contributed by atoms with Crippen LogP contribution in [0.5, 0.6) is 0 Å². The zero-order valence-corrected chi connectivity index (χ0v) is 12.2. The van der Waals surface area contributed by atoms with Gasteiger partial charge in [-0.15, -0.1) is 12.4 Å². The Morgan fingerprint density at radius 3 is 2.83 bits per heavy atom. The van der Waals surface area contributed by atoms with Gasteiger partial charge in [-0.05, 0) is 47.1 Å². The van der Waals surface area contributed by atoms with Gasteiger partial charge in [0.15, 0.2) is 0 Å².